The van der Waals surface area contributed by atoms with Crippen LogP contribution in [-0.2, 0) is 0 Å². The highest BCUT2D eigenvalue weighted by molar-refractivity contribution is 4.90. The third-order valence-electron chi connectivity index (χ3n) is 4.48. The number of aliphatic hydroxyl groups excluding tert-OH is 1. The molecule has 0 heterocycles. The minimum atomic E-state index is -0.100. The van der Waals surface area contributed by atoms with E-state index in [9.17, 15) is 5.11 Å². The van der Waals surface area contributed by atoms with Gasteiger partial charge in [-0.3, -0.25) is 4.90 Å². The highest BCUT2D eigenvalue weighted by Gasteiger charge is 2.34. The van der Waals surface area contributed by atoms with Crippen molar-refractivity contribution in [3.05, 3.63) is 0 Å². The second kappa shape index (κ2) is 6.36. The molecule has 2 N–H and O–H groups in total. The minimum Gasteiger partial charge on any atom is -0.392 e. The Balaban J connectivity index is 1.85. The Morgan fingerprint density at radius 2 is 1.83 bits per heavy atom. The van der Waals surface area contributed by atoms with Gasteiger partial charge in [0.15, 0.2) is 0 Å². The predicted molar refractivity (Wildman–Crippen MR) is 75.7 cm³/mol. The van der Waals surface area contributed by atoms with Crippen LogP contribution in [0.5, 0.6) is 0 Å². The molecule has 0 aromatic rings. The van der Waals surface area contributed by atoms with Crippen molar-refractivity contribution in [3.8, 4) is 0 Å². The summed E-state index contributed by atoms with van der Waals surface area (Å²) in [5.41, 5.74) is 0. The summed E-state index contributed by atoms with van der Waals surface area (Å²) >= 11 is 0. The summed E-state index contributed by atoms with van der Waals surface area (Å²) in [5.74, 6) is 0.590. The average molecular weight is 254 g/mol. The van der Waals surface area contributed by atoms with Crippen LogP contribution in [-0.4, -0.2) is 47.8 Å². The van der Waals surface area contributed by atoms with Gasteiger partial charge in [-0.05, 0) is 38.6 Å². The number of nitrogens with one attached hydrogen (secondary N) is 1. The van der Waals surface area contributed by atoms with E-state index in [4.69, 9.17) is 0 Å². The fraction of sp³-hybridized carbons (Fsp3) is 1.00. The Morgan fingerprint density at radius 1 is 1.17 bits per heavy atom. The lowest BCUT2D eigenvalue weighted by molar-refractivity contribution is 0.0639. The summed E-state index contributed by atoms with van der Waals surface area (Å²) in [6, 6.07) is 1.77. The minimum absolute atomic E-state index is 0.100. The molecule has 18 heavy (non-hydrogen) atoms. The van der Waals surface area contributed by atoms with Crippen molar-refractivity contribution in [2.75, 3.05) is 13.6 Å². The summed E-state index contributed by atoms with van der Waals surface area (Å²) in [4.78, 5) is 2.40. The van der Waals surface area contributed by atoms with Gasteiger partial charge in [0, 0.05) is 24.7 Å². The van der Waals surface area contributed by atoms with Gasteiger partial charge in [-0.1, -0.05) is 26.7 Å². The van der Waals surface area contributed by atoms with Gasteiger partial charge < -0.3 is 10.4 Å². The lowest BCUT2D eigenvalue weighted by Gasteiger charge is -2.40. The zero-order chi connectivity index (χ0) is 13.1. The summed E-state index contributed by atoms with van der Waals surface area (Å²) < 4.78 is 0. The van der Waals surface area contributed by atoms with E-state index in [-0.39, 0.29) is 6.10 Å². The van der Waals surface area contributed by atoms with Crippen molar-refractivity contribution in [2.45, 2.75) is 76.6 Å². The molecule has 0 spiro atoms. The van der Waals surface area contributed by atoms with Crippen LogP contribution in [0.1, 0.15) is 52.4 Å². The standard InChI is InChI=1S/C15H30N2O/c1-11(2)16-13-6-4-5-7-14(13)17(3)10-15(18)12-8-9-12/h11-16,18H,4-10H2,1-3H3/t13-,14-,15?/m0/s1. The number of aliphatic hydroxyl groups is 1. The van der Waals surface area contributed by atoms with Gasteiger partial charge >= 0.3 is 0 Å². The maximum Gasteiger partial charge on any atom is 0.0695 e. The first-order chi connectivity index (χ1) is 8.58. The van der Waals surface area contributed by atoms with Crippen molar-refractivity contribution >= 4 is 0 Å². The lowest BCUT2D eigenvalue weighted by atomic mass is 9.88. The summed E-state index contributed by atoms with van der Waals surface area (Å²) in [5, 5.41) is 13.8. The maximum absolute atomic E-state index is 10.1. The molecule has 2 aliphatic carbocycles. The Labute approximate surface area is 112 Å². The molecular weight excluding hydrogens is 224 g/mol. The fourth-order valence-electron chi connectivity index (χ4n) is 3.32. The van der Waals surface area contributed by atoms with Crippen LogP contribution in [0.3, 0.4) is 0 Å². The molecule has 2 saturated carbocycles. The molecule has 0 aliphatic heterocycles. The summed E-state index contributed by atoms with van der Waals surface area (Å²) in [6.07, 6.45) is 7.60. The lowest BCUT2D eigenvalue weighted by Crippen LogP contribution is -2.53. The van der Waals surface area contributed by atoms with Gasteiger partial charge in [0.1, 0.15) is 0 Å². The van der Waals surface area contributed by atoms with Crippen LogP contribution in [0.25, 0.3) is 0 Å². The first-order valence-electron chi connectivity index (χ1n) is 7.72. The van der Waals surface area contributed by atoms with E-state index >= 15 is 0 Å². The second-order valence-electron chi connectivity index (χ2n) is 6.62. The smallest absolute Gasteiger partial charge is 0.0695 e. The van der Waals surface area contributed by atoms with E-state index in [0.29, 0.717) is 24.0 Å². The van der Waals surface area contributed by atoms with Crippen molar-refractivity contribution in [1.82, 2.24) is 10.2 Å². The van der Waals surface area contributed by atoms with Crippen LogP contribution in [0, 0.1) is 5.92 Å². The number of likely N-dealkylation sites (N-methyl/N-ethyl adjacent to an activating group) is 1. The zero-order valence-electron chi connectivity index (χ0n) is 12.2. The van der Waals surface area contributed by atoms with Crippen LogP contribution in [0.15, 0.2) is 0 Å². The largest absolute Gasteiger partial charge is 0.392 e. The van der Waals surface area contributed by atoms with E-state index < -0.39 is 0 Å². The SMILES string of the molecule is CC(C)N[C@H]1CCCC[C@@H]1N(C)CC(O)C1CC1. The first-order valence-corrected chi connectivity index (χ1v) is 7.72. The van der Waals surface area contributed by atoms with Crippen LogP contribution in [0.2, 0.25) is 0 Å². The summed E-state index contributed by atoms with van der Waals surface area (Å²) in [6.45, 7) is 5.31. The van der Waals surface area contributed by atoms with Crippen molar-refractivity contribution in [3.63, 3.8) is 0 Å². The molecule has 3 atom stereocenters. The normalized spacial score (nSPS) is 31.0. The van der Waals surface area contributed by atoms with Gasteiger partial charge in [0.05, 0.1) is 6.10 Å². The molecular formula is C15H30N2O. The molecule has 106 valence electrons. The highest BCUT2D eigenvalue weighted by Crippen LogP contribution is 2.33. The van der Waals surface area contributed by atoms with Gasteiger partial charge in [-0.25, -0.2) is 0 Å². The number of rotatable bonds is 6. The molecule has 3 nitrogen and oxygen atoms in total. The molecule has 0 saturated heterocycles. The first kappa shape index (κ1) is 14.3. The molecule has 0 aromatic carbocycles. The van der Waals surface area contributed by atoms with Crippen LogP contribution < -0.4 is 5.32 Å². The van der Waals surface area contributed by atoms with E-state index in [1.165, 1.54) is 38.5 Å². The van der Waals surface area contributed by atoms with E-state index in [2.05, 4.69) is 31.1 Å². The third-order valence-corrected chi connectivity index (χ3v) is 4.48. The van der Waals surface area contributed by atoms with Gasteiger partial charge in [0.25, 0.3) is 0 Å². The zero-order valence-corrected chi connectivity index (χ0v) is 12.2. The maximum atomic E-state index is 10.1. The Morgan fingerprint density at radius 3 is 2.44 bits per heavy atom. The highest BCUT2D eigenvalue weighted by atomic mass is 16.3. The predicted octanol–water partition coefficient (Wildman–Crippen LogP) is 2.00. The monoisotopic (exact) mass is 254 g/mol. The molecule has 2 fully saturated rings. The number of nitrogens with zero attached hydrogens (tertiary/aromatic N) is 1. The molecule has 0 bridgehead atoms. The summed E-state index contributed by atoms with van der Waals surface area (Å²) in [7, 11) is 2.19. The van der Waals surface area contributed by atoms with Gasteiger partial charge in [-0.15, -0.1) is 0 Å². The van der Waals surface area contributed by atoms with E-state index in [1.54, 1.807) is 0 Å². The molecule has 0 radical (unpaired) electrons. The van der Waals surface area contributed by atoms with Crippen molar-refractivity contribution in [2.24, 2.45) is 5.92 Å². The fourth-order valence-corrected chi connectivity index (χ4v) is 3.32. The van der Waals surface area contributed by atoms with E-state index in [0.717, 1.165) is 6.54 Å². The molecule has 0 aromatic heterocycles. The van der Waals surface area contributed by atoms with Crippen LogP contribution >= 0.6 is 0 Å². The van der Waals surface area contributed by atoms with E-state index in [1.807, 2.05) is 0 Å². The third kappa shape index (κ3) is 3.94. The van der Waals surface area contributed by atoms with Crippen molar-refractivity contribution in [1.29, 1.82) is 0 Å². The molecule has 1 unspecified atom stereocenters. The molecule has 0 amide bonds. The average Bonchev–Trinajstić information content (AvgIpc) is 3.12. The molecule has 2 aliphatic rings. The number of hydrogen-bond acceptors (Lipinski definition) is 3. The van der Waals surface area contributed by atoms with Crippen LogP contribution in [0.4, 0.5) is 0 Å². The molecule has 3 heteroatoms. The Kier molecular flexibility index (Phi) is 5.05. The van der Waals surface area contributed by atoms with Gasteiger partial charge in [-0.2, -0.15) is 0 Å². The molecule has 2 rings (SSSR count). The Hall–Kier alpha value is -0.120. The number of hydrogen-bond donors (Lipinski definition) is 2. The Bertz CT molecular complexity index is 253. The van der Waals surface area contributed by atoms with Crippen molar-refractivity contribution < 1.29 is 5.11 Å². The second-order valence-corrected chi connectivity index (χ2v) is 6.62. The topological polar surface area (TPSA) is 35.5 Å². The quantitative estimate of drug-likeness (QED) is 0.761. The van der Waals surface area contributed by atoms with Gasteiger partial charge in [0.2, 0.25) is 0 Å².